The minimum atomic E-state index is 1.10. The fourth-order valence-electron chi connectivity index (χ4n) is 3.64. The third kappa shape index (κ3) is 1.84. The number of rotatable bonds is 1. The second kappa shape index (κ2) is 4.67. The van der Waals surface area contributed by atoms with Gasteiger partial charge in [-0.2, -0.15) is 0 Å². The minimum Gasteiger partial charge on any atom is -0.0673 e. The topological polar surface area (TPSA) is 0 Å². The zero-order chi connectivity index (χ0) is 15.4. The van der Waals surface area contributed by atoms with Gasteiger partial charge >= 0.3 is 0 Å². The fourth-order valence-corrected chi connectivity index (χ4v) is 3.80. The maximum Gasteiger partial charge on any atom is 0.0711 e. The van der Waals surface area contributed by atoms with Crippen molar-refractivity contribution >= 4 is 47.7 Å². The summed E-state index contributed by atoms with van der Waals surface area (Å²) in [7, 11) is 3.57. The fraction of sp³-hybridized carbons (Fsp3) is 0. The van der Waals surface area contributed by atoms with Gasteiger partial charge in [0.15, 0.2) is 0 Å². The van der Waals surface area contributed by atoms with Crippen LogP contribution in [0.5, 0.6) is 0 Å². The Labute approximate surface area is 138 Å². The van der Waals surface area contributed by atoms with E-state index in [-0.39, 0.29) is 0 Å². The van der Waals surface area contributed by atoms with Crippen LogP contribution in [0.25, 0.3) is 43.4 Å². The Kier molecular flexibility index (Phi) is 2.61. The van der Waals surface area contributed by atoms with Gasteiger partial charge in [-0.15, -0.1) is 0 Å². The highest BCUT2D eigenvalue weighted by atomic mass is 28.1. The molecule has 0 amide bonds. The summed E-state index contributed by atoms with van der Waals surface area (Å²) >= 11 is 0. The summed E-state index contributed by atoms with van der Waals surface area (Å²) in [5.74, 6) is 0. The molecule has 0 spiro atoms. The number of benzene rings is 5. The molecule has 0 unspecified atom stereocenters. The lowest BCUT2D eigenvalue weighted by atomic mass is 9.90. The lowest BCUT2D eigenvalue weighted by Crippen LogP contribution is -1.99. The van der Waals surface area contributed by atoms with Crippen LogP contribution in [0.1, 0.15) is 0 Å². The summed E-state index contributed by atoms with van der Waals surface area (Å²) in [6, 6.07) is 28.5. The predicted octanol–water partition coefficient (Wildman–Crippen LogP) is 5.04. The highest BCUT2D eigenvalue weighted by Gasteiger charge is 2.11. The van der Waals surface area contributed by atoms with Gasteiger partial charge in [-0.05, 0) is 43.4 Å². The molecule has 0 aliphatic carbocycles. The van der Waals surface area contributed by atoms with E-state index in [0.29, 0.717) is 0 Å². The molecular formula is C22H13Si. The van der Waals surface area contributed by atoms with Crippen LogP contribution in [-0.2, 0) is 0 Å². The van der Waals surface area contributed by atoms with Gasteiger partial charge in [0.25, 0.3) is 0 Å². The molecular weight excluding hydrogens is 292 g/mol. The van der Waals surface area contributed by atoms with E-state index in [1.807, 2.05) is 0 Å². The van der Waals surface area contributed by atoms with E-state index >= 15 is 0 Å². The lowest BCUT2D eigenvalue weighted by Gasteiger charge is -2.14. The van der Waals surface area contributed by atoms with Crippen LogP contribution in [0.15, 0.2) is 78.9 Å². The molecule has 3 radical (unpaired) electrons. The van der Waals surface area contributed by atoms with Crippen LogP contribution in [0, 0.1) is 0 Å². The third-order valence-electron chi connectivity index (χ3n) is 4.72. The van der Waals surface area contributed by atoms with E-state index < -0.39 is 0 Å². The molecule has 0 atom stereocenters. The van der Waals surface area contributed by atoms with Gasteiger partial charge in [-0.3, -0.25) is 0 Å². The summed E-state index contributed by atoms with van der Waals surface area (Å²) in [5, 5.41) is 9.12. The highest BCUT2D eigenvalue weighted by molar-refractivity contribution is 6.32. The van der Waals surface area contributed by atoms with Crippen molar-refractivity contribution in [2.45, 2.75) is 0 Å². The molecule has 1 heteroatoms. The molecule has 5 rings (SSSR count). The van der Waals surface area contributed by atoms with Gasteiger partial charge < -0.3 is 0 Å². The molecule has 0 N–H and O–H groups in total. The maximum absolute atomic E-state index is 3.57. The Morgan fingerprint density at radius 1 is 0.522 bits per heavy atom. The predicted molar refractivity (Wildman–Crippen MR) is 101 cm³/mol. The Morgan fingerprint density at radius 3 is 1.87 bits per heavy atom. The Bertz CT molecular complexity index is 1140. The van der Waals surface area contributed by atoms with Gasteiger partial charge in [0.05, 0.1) is 10.2 Å². The molecule has 0 aromatic heterocycles. The average Bonchev–Trinajstić information content (AvgIpc) is 2.60. The first-order valence-corrected chi connectivity index (χ1v) is 8.30. The van der Waals surface area contributed by atoms with Gasteiger partial charge in [0.2, 0.25) is 0 Å². The normalized spacial score (nSPS) is 11.7. The molecule has 0 heterocycles. The second-order valence-electron chi connectivity index (χ2n) is 6.05. The van der Waals surface area contributed by atoms with Gasteiger partial charge in [0.1, 0.15) is 0 Å². The molecule has 0 fully saturated rings. The molecule has 0 nitrogen and oxygen atoms in total. The van der Waals surface area contributed by atoms with E-state index in [2.05, 4.69) is 89.1 Å². The molecule has 0 aliphatic rings. The largest absolute Gasteiger partial charge is 0.0711 e. The summed E-state index contributed by atoms with van der Waals surface area (Å²) < 4.78 is 0. The van der Waals surface area contributed by atoms with Crippen molar-refractivity contribution in [3.8, 4) is 11.1 Å². The van der Waals surface area contributed by atoms with E-state index in [0.717, 1.165) is 5.19 Å². The first-order chi connectivity index (χ1) is 11.3. The quantitative estimate of drug-likeness (QED) is 0.300. The van der Waals surface area contributed by atoms with Crippen molar-refractivity contribution in [1.82, 2.24) is 0 Å². The van der Waals surface area contributed by atoms with Crippen LogP contribution in [0.2, 0.25) is 0 Å². The SMILES string of the molecule is [Si]c1ccc(-c2ccc3ccc4cccc5ccc2c3c45)cc1. The van der Waals surface area contributed by atoms with Crippen LogP contribution in [0.3, 0.4) is 0 Å². The molecule has 0 bridgehead atoms. The molecule has 0 saturated carbocycles. The standard InChI is InChI=1S/C22H13Si/c23-18-10-6-14(7-11-18)19-12-8-17-5-4-15-2-1-3-16-9-13-20(19)22(17)21(15)16/h1-13H. The van der Waals surface area contributed by atoms with Crippen LogP contribution < -0.4 is 5.19 Å². The Balaban J connectivity index is 1.96. The minimum absolute atomic E-state index is 1.10. The van der Waals surface area contributed by atoms with Crippen molar-refractivity contribution < 1.29 is 0 Å². The maximum atomic E-state index is 3.57. The number of hydrogen-bond donors (Lipinski definition) is 0. The Morgan fingerprint density at radius 2 is 1.13 bits per heavy atom. The summed E-state index contributed by atoms with van der Waals surface area (Å²) in [6.07, 6.45) is 0. The smallest absolute Gasteiger partial charge is 0.0673 e. The van der Waals surface area contributed by atoms with Crippen molar-refractivity contribution in [3.63, 3.8) is 0 Å². The summed E-state index contributed by atoms with van der Waals surface area (Å²) in [4.78, 5) is 0. The second-order valence-corrected chi connectivity index (χ2v) is 6.62. The van der Waals surface area contributed by atoms with Crippen LogP contribution >= 0.6 is 0 Å². The average molecular weight is 305 g/mol. The third-order valence-corrected chi connectivity index (χ3v) is 5.06. The zero-order valence-electron chi connectivity index (χ0n) is 12.5. The monoisotopic (exact) mass is 305 g/mol. The lowest BCUT2D eigenvalue weighted by molar-refractivity contribution is 1.69. The highest BCUT2D eigenvalue weighted by Crippen LogP contribution is 2.38. The van der Waals surface area contributed by atoms with E-state index in [9.17, 15) is 0 Å². The molecule has 23 heavy (non-hydrogen) atoms. The van der Waals surface area contributed by atoms with E-state index in [4.69, 9.17) is 0 Å². The zero-order valence-corrected chi connectivity index (χ0v) is 13.5. The first kappa shape index (κ1) is 12.9. The summed E-state index contributed by atoms with van der Waals surface area (Å²) in [5.41, 5.74) is 2.55. The molecule has 5 aromatic rings. The molecule has 0 aliphatic heterocycles. The van der Waals surface area contributed by atoms with Gasteiger partial charge in [-0.1, -0.05) is 84.0 Å². The Hall–Kier alpha value is -2.64. The van der Waals surface area contributed by atoms with E-state index in [1.54, 1.807) is 0 Å². The van der Waals surface area contributed by atoms with Crippen molar-refractivity contribution in [1.29, 1.82) is 0 Å². The molecule has 105 valence electrons. The van der Waals surface area contributed by atoms with Gasteiger partial charge in [0, 0.05) is 0 Å². The van der Waals surface area contributed by atoms with Crippen molar-refractivity contribution in [2.75, 3.05) is 0 Å². The molecule has 0 saturated heterocycles. The van der Waals surface area contributed by atoms with Crippen LogP contribution in [-0.4, -0.2) is 10.2 Å². The first-order valence-electron chi connectivity index (χ1n) is 7.80. The number of hydrogen-bond acceptors (Lipinski definition) is 0. The van der Waals surface area contributed by atoms with Crippen LogP contribution in [0.4, 0.5) is 0 Å². The van der Waals surface area contributed by atoms with Crippen molar-refractivity contribution in [2.24, 2.45) is 0 Å². The van der Waals surface area contributed by atoms with Gasteiger partial charge in [-0.25, -0.2) is 0 Å². The molecule has 5 aromatic carbocycles. The van der Waals surface area contributed by atoms with Crippen molar-refractivity contribution in [3.05, 3.63) is 78.9 Å². The van der Waals surface area contributed by atoms with E-state index in [1.165, 1.54) is 43.4 Å². The summed E-state index contributed by atoms with van der Waals surface area (Å²) in [6.45, 7) is 0.